The van der Waals surface area contributed by atoms with Crippen LogP contribution in [0.15, 0.2) is 46.9 Å². The van der Waals surface area contributed by atoms with Gasteiger partial charge in [-0.1, -0.05) is 0 Å². The number of aliphatic hydroxyl groups excluding tert-OH is 8. The second-order valence-electron chi connectivity index (χ2n) is 9.97. The van der Waals surface area contributed by atoms with Crippen LogP contribution in [0, 0.1) is 0 Å². The first kappa shape index (κ1) is 30.1. The van der Waals surface area contributed by atoms with Gasteiger partial charge in [-0.05, 0) is 24.3 Å². The highest BCUT2D eigenvalue weighted by atomic mass is 16.7. The van der Waals surface area contributed by atoms with Gasteiger partial charge in [-0.15, -0.1) is 0 Å². The van der Waals surface area contributed by atoms with E-state index in [0.717, 1.165) is 6.07 Å². The van der Waals surface area contributed by atoms with E-state index in [1.165, 1.54) is 36.4 Å². The molecule has 0 amide bonds. The second kappa shape index (κ2) is 12.1. The van der Waals surface area contributed by atoms with Gasteiger partial charge < -0.3 is 70.0 Å². The molecule has 15 heteroatoms. The Kier molecular flexibility index (Phi) is 8.68. The fourth-order valence-corrected chi connectivity index (χ4v) is 4.75. The molecule has 2 fully saturated rings. The summed E-state index contributed by atoms with van der Waals surface area (Å²) in [5.74, 6) is -0.673. The zero-order valence-corrected chi connectivity index (χ0v) is 21.7. The molecule has 2 aromatic carbocycles. The Bertz CT molecular complexity index is 1380. The average Bonchev–Trinajstić information content (AvgIpc) is 2.98. The molecule has 0 saturated carbocycles. The lowest BCUT2D eigenvalue weighted by atomic mass is 9.99. The van der Waals surface area contributed by atoms with Gasteiger partial charge in [0.15, 0.2) is 0 Å². The van der Waals surface area contributed by atoms with Crippen molar-refractivity contribution in [2.75, 3.05) is 13.2 Å². The molecule has 15 nitrogen and oxygen atoms in total. The van der Waals surface area contributed by atoms with Gasteiger partial charge >= 0.3 is 11.3 Å². The highest BCUT2D eigenvalue weighted by molar-refractivity contribution is 5.88. The van der Waals surface area contributed by atoms with Gasteiger partial charge in [0, 0.05) is 12.1 Å². The van der Waals surface area contributed by atoms with Gasteiger partial charge in [0.05, 0.1) is 24.8 Å². The van der Waals surface area contributed by atoms with Crippen LogP contribution in [0.2, 0.25) is 0 Å². The summed E-state index contributed by atoms with van der Waals surface area (Å²) in [6.07, 6.45) is -16.0. The second-order valence-corrected chi connectivity index (χ2v) is 9.97. The molecule has 1 aromatic heterocycles. The minimum Gasteiger partial charge on any atom is -0.508 e. The Morgan fingerprint density at radius 2 is 1.14 bits per heavy atom. The number of benzene rings is 2. The molecule has 0 aliphatic carbocycles. The standard InChI is InChI=1S/C27H30O15/c28-8-17-19(32)21(34)23(36)26(41-17)39-15-6-12(31)5-14-13(15)7-16(25(38-14)10-1-3-11(30)4-2-10)40-27-24(37)22(35)20(33)18(9-29)42-27/h1-7,17-24,26-29,32-37H,8-9H2,(H-,30,31)/p+1/t17-,18-,19-,20+,21+,22+,23-,24-,26-,27-/m1/s1. The van der Waals surface area contributed by atoms with E-state index in [1.807, 2.05) is 0 Å². The van der Waals surface area contributed by atoms with Crippen LogP contribution in [-0.2, 0) is 9.47 Å². The van der Waals surface area contributed by atoms with Crippen molar-refractivity contribution >= 4 is 11.0 Å². The number of aliphatic hydroxyl groups is 8. The number of fused-ring (bicyclic) bond motifs is 1. The van der Waals surface area contributed by atoms with E-state index in [-0.39, 0.29) is 39.7 Å². The predicted octanol–water partition coefficient (Wildman–Crippen LogP) is -1.85. The predicted molar refractivity (Wildman–Crippen MR) is 138 cm³/mol. The highest BCUT2D eigenvalue weighted by Crippen LogP contribution is 2.42. The van der Waals surface area contributed by atoms with Gasteiger partial charge in [-0.2, -0.15) is 0 Å². The molecule has 5 rings (SSSR count). The van der Waals surface area contributed by atoms with Crippen LogP contribution >= 0.6 is 0 Å². The van der Waals surface area contributed by atoms with E-state index < -0.39 is 74.6 Å². The smallest absolute Gasteiger partial charge is 0.402 e. The van der Waals surface area contributed by atoms with E-state index in [9.17, 15) is 51.1 Å². The number of rotatable bonds is 7. The van der Waals surface area contributed by atoms with Gasteiger partial charge in [0.25, 0.3) is 0 Å². The quantitative estimate of drug-likeness (QED) is 0.135. The third kappa shape index (κ3) is 5.67. The maximum atomic E-state index is 10.6. The first-order valence-corrected chi connectivity index (χ1v) is 12.9. The number of phenols is 2. The van der Waals surface area contributed by atoms with Crippen molar-refractivity contribution in [2.45, 2.75) is 61.4 Å². The Morgan fingerprint density at radius 1 is 0.619 bits per heavy atom. The summed E-state index contributed by atoms with van der Waals surface area (Å²) < 4.78 is 28.6. The van der Waals surface area contributed by atoms with Gasteiger partial charge in [0.1, 0.15) is 71.5 Å². The summed E-state index contributed by atoms with van der Waals surface area (Å²) in [6.45, 7) is -1.40. The average molecular weight is 596 g/mol. The summed E-state index contributed by atoms with van der Waals surface area (Å²) in [5, 5.41) is 101. The van der Waals surface area contributed by atoms with Crippen LogP contribution in [0.4, 0.5) is 0 Å². The maximum absolute atomic E-state index is 10.6. The van der Waals surface area contributed by atoms with Crippen LogP contribution in [-0.4, -0.2) is 126 Å². The molecule has 0 bridgehead atoms. The molecule has 2 aliphatic rings. The third-order valence-electron chi connectivity index (χ3n) is 7.11. The lowest BCUT2D eigenvalue weighted by Gasteiger charge is -2.39. The van der Waals surface area contributed by atoms with E-state index >= 15 is 0 Å². The Labute approximate surface area is 237 Å². The van der Waals surface area contributed by atoms with Crippen LogP contribution in [0.1, 0.15) is 0 Å². The van der Waals surface area contributed by atoms with E-state index in [0.29, 0.717) is 5.56 Å². The monoisotopic (exact) mass is 595 g/mol. The van der Waals surface area contributed by atoms with Crippen LogP contribution in [0.5, 0.6) is 23.0 Å². The molecule has 10 atom stereocenters. The lowest BCUT2D eigenvalue weighted by molar-refractivity contribution is -0.277. The van der Waals surface area contributed by atoms with Crippen LogP contribution in [0.25, 0.3) is 22.3 Å². The van der Waals surface area contributed by atoms with Crippen molar-refractivity contribution in [1.82, 2.24) is 0 Å². The topological polar surface area (TPSA) is 251 Å². The fourth-order valence-electron chi connectivity index (χ4n) is 4.75. The Hall–Kier alpha value is -3.35. The van der Waals surface area contributed by atoms with Crippen LogP contribution < -0.4 is 9.47 Å². The Morgan fingerprint density at radius 3 is 1.67 bits per heavy atom. The minimum absolute atomic E-state index is 0.00357. The first-order chi connectivity index (χ1) is 20.0. The molecule has 228 valence electrons. The van der Waals surface area contributed by atoms with Crippen molar-refractivity contribution in [1.29, 1.82) is 0 Å². The molecule has 10 N–H and O–H groups in total. The molecular formula is C27H31O15+. The highest BCUT2D eigenvalue weighted by Gasteiger charge is 2.47. The molecule has 2 aliphatic heterocycles. The molecular weight excluding hydrogens is 564 g/mol. The van der Waals surface area contributed by atoms with E-state index in [4.69, 9.17) is 23.4 Å². The molecule has 3 aromatic rings. The van der Waals surface area contributed by atoms with Gasteiger partial charge in [-0.25, -0.2) is 4.42 Å². The molecule has 0 unspecified atom stereocenters. The molecule has 3 heterocycles. The zero-order chi connectivity index (χ0) is 30.3. The fraction of sp³-hybridized carbons (Fsp3) is 0.444. The molecule has 42 heavy (non-hydrogen) atoms. The number of hydrogen-bond donors (Lipinski definition) is 10. The number of hydrogen-bond acceptors (Lipinski definition) is 14. The van der Waals surface area contributed by atoms with E-state index in [2.05, 4.69) is 0 Å². The van der Waals surface area contributed by atoms with Crippen molar-refractivity contribution in [3.8, 4) is 34.3 Å². The summed E-state index contributed by atoms with van der Waals surface area (Å²) in [6, 6.07) is 9.41. The molecule has 2 saturated heterocycles. The number of aromatic hydroxyl groups is 2. The zero-order valence-electron chi connectivity index (χ0n) is 21.7. The lowest BCUT2D eigenvalue weighted by Crippen LogP contribution is -2.60. The molecule has 0 radical (unpaired) electrons. The van der Waals surface area contributed by atoms with Crippen molar-refractivity contribution < 1.29 is 74.4 Å². The molecule has 0 spiro atoms. The summed E-state index contributed by atoms with van der Waals surface area (Å²) in [7, 11) is 0. The SMILES string of the molecule is OC[C@H]1O[C@@H](Oc2cc3c(O[C@@H]4O[C@H](CO)[C@@H](O)[C@H](O)[C@H]4O)cc(O)cc3[o+]c2-c2ccc(O)cc2)[C@H](O)[C@@H](O)[C@H]1O. The largest absolute Gasteiger partial charge is 0.508 e. The first-order valence-electron chi connectivity index (χ1n) is 12.9. The third-order valence-corrected chi connectivity index (χ3v) is 7.11. The Balaban J connectivity index is 1.59. The summed E-state index contributed by atoms with van der Waals surface area (Å²) >= 11 is 0. The van der Waals surface area contributed by atoms with Crippen molar-refractivity contribution in [3.63, 3.8) is 0 Å². The van der Waals surface area contributed by atoms with Crippen molar-refractivity contribution in [2.24, 2.45) is 0 Å². The van der Waals surface area contributed by atoms with Crippen molar-refractivity contribution in [3.05, 3.63) is 42.5 Å². The van der Waals surface area contributed by atoms with Gasteiger partial charge in [-0.3, -0.25) is 0 Å². The number of ether oxygens (including phenoxy) is 4. The maximum Gasteiger partial charge on any atom is 0.402 e. The summed E-state index contributed by atoms with van der Waals surface area (Å²) in [4.78, 5) is 0. The normalized spacial score (nSPS) is 33.4. The van der Waals surface area contributed by atoms with Crippen LogP contribution in [0.3, 0.4) is 0 Å². The van der Waals surface area contributed by atoms with Gasteiger partial charge in [0.2, 0.25) is 18.3 Å². The van der Waals surface area contributed by atoms with E-state index in [1.54, 1.807) is 0 Å². The number of phenolic OH excluding ortho intramolecular Hbond substituents is 2. The summed E-state index contributed by atoms with van der Waals surface area (Å²) in [5.41, 5.74) is 0.368. The minimum atomic E-state index is -1.77.